The van der Waals surface area contributed by atoms with E-state index in [0.717, 1.165) is 6.42 Å². The predicted molar refractivity (Wildman–Crippen MR) is 66.7 cm³/mol. The molecule has 0 N–H and O–H groups in total. The molecule has 16 heavy (non-hydrogen) atoms. The summed E-state index contributed by atoms with van der Waals surface area (Å²) in [6.07, 6.45) is 0.534. The minimum absolute atomic E-state index is 0.0338. The number of hydrogen-bond acceptors (Lipinski definition) is 3. The van der Waals surface area contributed by atoms with E-state index in [-0.39, 0.29) is 18.1 Å². The Bertz CT molecular complexity index is 324. The van der Waals surface area contributed by atoms with Crippen LogP contribution < -0.4 is 0 Å². The van der Waals surface area contributed by atoms with Crippen LogP contribution in [0.3, 0.4) is 0 Å². The first-order chi connectivity index (χ1) is 7.56. The average Bonchev–Trinajstić information content (AvgIpc) is 2.78. The molecule has 0 radical (unpaired) electrons. The first-order valence-electron chi connectivity index (χ1n) is 5.38. The molecular formula is C12H19NO2S. The number of thiophene rings is 1. The van der Waals surface area contributed by atoms with Crippen LogP contribution in [0.2, 0.25) is 0 Å². The molecule has 1 aromatic heterocycles. The van der Waals surface area contributed by atoms with Crippen molar-refractivity contribution in [1.29, 1.82) is 0 Å². The highest BCUT2D eigenvalue weighted by atomic mass is 32.1. The van der Waals surface area contributed by atoms with Crippen LogP contribution in [-0.2, 0) is 16.0 Å². The molecule has 0 aliphatic carbocycles. The van der Waals surface area contributed by atoms with Crippen molar-refractivity contribution in [1.82, 2.24) is 4.90 Å². The third-order valence-electron chi connectivity index (χ3n) is 2.79. The van der Waals surface area contributed by atoms with Crippen LogP contribution in [0.4, 0.5) is 0 Å². The highest BCUT2D eigenvalue weighted by Gasteiger charge is 2.21. The van der Waals surface area contributed by atoms with E-state index in [1.165, 1.54) is 4.88 Å². The van der Waals surface area contributed by atoms with Crippen LogP contribution in [-0.4, -0.2) is 37.1 Å². The molecule has 2 unspecified atom stereocenters. The van der Waals surface area contributed by atoms with Gasteiger partial charge in [0.05, 0.1) is 0 Å². The Morgan fingerprint density at radius 2 is 2.25 bits per heavy atom. The Morgan fingerprint density at radius 1 is 1.56 bits per heavy atom. The number of ether oxygens (including phenoxy) is 1. The highest BCUT2D eigenvalue weighted by Crippen LogP contribution is 2.14. The predicted octanol–water partition coefficient (Wildman–Crippen LogP) is 2.17. The lowest BCUT2D eigenvalue weighted by Gasteiger charge is -2.26. The number of nitrogens with zero attached hydrogens (tertiary/aromatic N) is 1. The van der Waals surface area contributed by atoms with Crippen molar-refractivity contribution in [3.05, 3.63) is 22.4 Å². The minimum Gasteiger partial charge on any atom is -0.372 e. The average molecular weight is 241 g/mol. The van der Waals surface area contributed by atoms with Gasteiger partial charge in [0.2, 0.25) is 0 Å². The maximum Gasteiger partial charge on any atom is 0.251 e. The summed E-state index contributed by atoms with van der Waals surface area (Å²) in [5.74, 6) is 0.0338. The van der Waals surface area contributed by atoms with Gasteiger partial charge in [0.25, 0.3) is 5.91 Å². The largest absolute Gasteiger partial charge is 0.372 e. The summed E-state index contributed by atoms with van der Waals surface area (Å²) >= 11 is 1.73. The first-order valence-corrected chi connectivity index (χ1v) is 6.26. The van der Waals surface area contributed by atoms with Crippen molar-refractivity contribution < 1.29 is 9.53 Å². The number of methoxy groups -OCH3 is 1. The van der Waals surface area contributed by atoms with Crippen LogP contribution in [0, 0.1) is 0 Å². The Balaban J connectivity index is 2.53. The fraction of sp³-hybridized carbons (Fsp3) is 0.583. The molecule has 3 nitrogen and oxygen atoms in total. The van der Waals surface area contributed by atoms with E-state index in [0.29, 0.717) is 0 Å². The molecule has 0 aromatic carbocycles. The number of amides is 1. The van der Waals surface area contributed by atoms with E-state index in [4.69, 9.17) is 4.74 Å². The van der Waals surface area contributed by atoms with Gasteiger partial charge < -0.3 is 9.64 Å². The van der Waals surface area contributed by atoms with Gasteiger partial charge in [-0.05, 0) is 25.3 Å². The molecule has 1 amide bonds. The van der Waals surface area contributed by atoms with E-state index < -0.39 is 0 Å². The molecule has 1 aromatic rings. The molecule has 0 spiro atoms. The van der Waals surface area contributed by atoms with Gasteiger partial charge in [-0.1, -0.05) is 6.07 Å². The van der Waals surface area contributed by atoms with Gasteiger partial charge in [-0.3, -0.25) is 4.79 Å². The zero-order chi connectivity index (χ0) is 12.1. The van der Waals surface area contributed by atoms with Crippen molar-refractivity contribution >= 4 is 17.2 Å². The van der Waals surface area contributed by atoms with Crippen LogP contribution in [0.1, 0.15) is 18.7 Å². The quantitative estimate of drug-likeness (QED) is 0.790. The zero-order valence-electron chi connectivity index (χ0n) is 10.3. The van der Waals surface area contributed by atoms with Crippen LogP contribution in [0.5, 0.6) is 0 Å². The summed E-state index contributed by atoms with van der Waals surface area (Å²) in [6, 6.07) is 4.33. The van der Waals surface area contributed by atoms with Crippen molar-refractivity contribution in [2.24, 2.45) is 0 Å². The Labute approximate surface area is 101 Å². The summed E-state index contributed by atoms with van der Waals surface area (Å²) in [4.78, 5) is 14.9. The number of hydrogen-bond donors (Lipinski definition) is 0. The van der Waals surface area contributed by atoms with E-state index >= 15 is 0 Å². The van der Waals surface area contributed by atoms with Gasteiger partial charge in [0.15, 0.2) is 0 Å². The van der Waals surface area contributed by atoms with Gasteiger partial charge in [-0.25, -0.2) is 0 Å². The molecule has 0 aliphatic heterocycles. The lowest BCUT2D eigenvalue weighted by Crippen LogP contribution is -2.42. The molecule has 1 heterocycles. The maximum atomic E-state index is 11.8. The maximum absolute atomic E-state index is 11.8. The van der Waals surface area contributed by atoms with Crippen molar-refractivity contribution in [2.45, 2.75) is 32.4 Å². The molecular weight excluding hydrogens is 222 g/mol. The number of carbonyl (C=O) groups excluding carboxylic acids is 1. The van der Waals surface area contributed by atoms with Crippen molar-refractivity contribution in [3.8, 4) is 0 Å². The highest BCUT2D eigenvalue weighted by molar-refractivity contribution is 7.09. The summed E-state index contributed by atoms with van der Waals surface area (Å²) in [7, 11) is 3.39. The second kappa shape index (κ2) is 6.01. The van der Waals surface area contributed by atoms with E-state index in [9.17, 15) is 4.79 Å². The molecule has 0 fully saturated rings. The SMILES string of the molecule is COC(C)C(=O)N(C)C(C)Cc1cccs1. The van der Waals surface area contributed by atoms with Crippen LogP contribution >= 0.6 is 11.3 Å². The molecule has 90 valence electrons. The number of carbonyl (C=O) groups is 1. The van der Waals surface area contributed by atoms with E-state index in [2.05, 4.69) is 18.4 Å². The molecule has 0 aliphatic rings. The normalized spacial score (nSPS) is 14.5. The van der Waals surface area contributed by atoms with E-state index in [1.807, 2.05) is 13.1 Å². The van der Waals surface area contributed by atoms with Crippen molar-refractivity contribution in [3.63, 3.8) is 0 Å². The second-order valence-corrected chi connectivity index (χ2v) is 4.99. The summed E-state index contributed by atoms with van der Waals surface area (Å²) in [5.41, 5.74) is 0. The fourth-order valence-corrected chi connectivity index (χ4v) is 2.29. The third-order valence-corrected chi connectivity index (χ3v) is 3.69. The van der Waals surface area contributed by atoms with Gasteiger partial charge in [-0.2, -0.15) is 0 Å². The molecule has 0 saturated carbocycles. The third kappa shape index (κ3) is 3.32. The van der Waals surface area contributed by atoms with Crippen molar-refractivity contribution in [2.75, 3.05) is 14.2 Å². The van der Waals surface area contributed by atoms with Crippen LogP contribution in [0.15, 0.2) is 17.5 Å². The zero-order valence-corrected chi connectivity index (χ0v) is 11.1. The Kier molecular flexibility index (Phi) is 4.96. The van der Waals surface area contributed by atoms with E-state index in [1.54, 1.807) is 30.3 Å². The van der Waals surface area contributed by atoms with Gasteiger partial charge in [0.1, 0.15) is 6.10 Å². The van der Waals surface area contributed by atoms with Gasteiger partial charge in [-0.15, -0.1) is 11.3 Å². The molecule has 0 bridgehead atoms. The first kappa shape index (κ1) is 13.2. The topological polar surface area (TPSA) is 29.5 Å². The summed E-state index contributed by atoms with van der Waals surface area (Å²) < 4.78 is 5.03. The summed E-state index contributed by atoms with van der Waals surface area (Å²) in [5, 5.41) is 2.06. The monoisotopic (exact) mass is 241 g/mol. The van der Waals surface area contributed by atoms with Gasteiger partial charge in [0, 0.05) is 31.5 Å². The second-order valence-electron chi connectivity index (χ2n) is 3.96. The fourth-order valence-electron chi connectivity index (χ4n) is 1.46. The van der Waals surface area contributed by atoms with Crippen LogP contribution in [0.25, 0.3) is 0 Å². The molecule has 4 heteroatoms. The summed E-state index contributed by atoms with van der Waals surface area (Å²) in [6.45, 7) is 3.83. The molecule has 1 rings (SSSR count). The number of likely N-dealkylation sites (N-methyl/N-ethyl adjacent to an activating group) is 1. The molecule has 0 saturated heterocycles. The Morgan fingerprint density at radius 3 is 2.75 bits per heavy atom. The standard InChI is InChI=1S/C12H19NO2S/c1-9(8-11-6-5-7-16-11)13(3)12(14)10(2)15-4/h5-7,9-10H,8H2,1-4H3. The minimum atomic E-state index is -0.365. The number of rotatable bonds is 5. The molecule has 2 atom stereocenters. The lowest BCUT2D eigenvalue weighted by molar-refractivity contribution is -0.141. The Hall–Kier alpha value is -0.870. The lowest BCUT2D eigenvalue weighted by atomic mass is 10.1. The van der Waals surface area contributed by atoms with Gasteiger partial charge >= 0.3 is 0 Å². The smallest absolute Gasteiger partial charge is 0.251 e.